The molecule has 3 rings (SSSR count). The molecule has 0 saturated carbocycles. The summed E-state index contributed by atoms with van der Waals surface area (Å²) in [6, 6.07) is 20.2. The topological polar surface area (TPSA) is 26.7 Å². The minimum Gasteiger partial charge on any atom is -0.380 e. The third-order valence-electron chi connectivity index (χ3n) is 5.27. The van der Waals surface area contributed by atoms with Gasteiger partial charge in [0.15, 0.2) is 0 Å². The Hall–Kier alpha value is -1.68. The fourth-order valence-electron chi connectivity index (χ4n) is 3.67. The lowest BCUT2D eigenvalue weighted by molar-refractivity contribution is 0.00124. The highest BCUT2D eigenvalue weighted by atomic mass is 16.3. The first-order valence-electron chi connectivity index (χ1n) is 8.85. The SMILES string of the molecule is CC(CN1CCN(C)CC1)C(O)(c1ccccc1)c1ccccc1. The molecule has 1 saturated heterocycles. The number of benzene rings is 2. The van der Waals surface area contributed by atoms with E-state index >= 15 is 0 Å². The van der Waals surface area contributed by atoms with Crippen LogP contribution in [0.25, 0.3) is 0 Å². The second kappa shape index (κ2) is 7.47. The Balaban J connectivity index is 1.87. The van der Waals surface area contributed by atoms with Crippen LogP contribution in [-0.4, -0.2) is 54.7 Å². The van der Waals surface area contributed by atoms with E-state index in [0.29, 0.717) is 0 Å². The highest BCUT2D eigenvalue weighted by Gasteiger charge is 2.38. The van der Waals surface area contributed by atoms with Crippen molar-refractivity contribution in [2.75, 3.05) is 39.8 Å². The summed E-state index contributed by atoms with van der Waals surface area (Å²) in [6.07, 6.45) is 0. The molecule has 0 aliphatic carbocycles. The van der Waals surface area contributed by atoms with Crippen molar-refractivity contribution in [2.45, 2.75) is 12.5 Å². The quantitative estimate of drug-likeness (QED) is 0.916. The van der Waals surface area contributed by atoms with Gasteiger partial charge in [-0.05, 0) is 18.2 Å². The molecule has 1 aliphatic heterocycles. The van der Waals surface area contributed by atoms with E-state index in [4.69, 9.17) is 0 Å². The van der Waals surface area contributed by atoms with Crippen LogP contribution in [0.5, 0.6) is 0 Å². The van der Waals surface area contributed by atoms with Crippen molar-refractivity contribution in [1.82, 2.24) is 9.80 Å². The maximum absolute atomic E-state index is 11.8. The molecule has 24 heavy (non-hydrogen) atoms. The van der Waals surface area contributed by atoms with Crippen molar-refractivity contribution in [3.8, 4) is 0 Å². The van der Waals surface area contributed by atoms with Gasteiger partial charge in [-0.1, -0.05) is 67.6 Å². The van der Waals surface area contributed by atoms with Crippen LogP contribution in [0.1, 0.15) is 18.1 Å². The lowest BCUT2D eigenvalue weighted by Crippen LogP contribution is -2.49. The van der Waals surface area contributed by atoms with Gasteiger partial charge in [-0.15, -0.1) is 0 Å². The molecule has 3 heteroatoms. The summed E-state index contributed by atoms with van der Waals surface area (Å²) < 4.78 is 0. The molecule has 1 N–H and O–H groups in total. The second-order valence-corrected chi connectivity index (χ2v) is 7.00. The van der Waals surface area contributed by atoms with Crippen LogP contribution >= 0.6 is 0 Å². The number of piperazine rings is 1. The number of aliphatic hydroxyl groups is 1. The monoisotopic (exact) mass is 324 g/mol. The molecule has 1 heterocycles. The Kier molecular flexibility index (Phi) is 5.34. The Bertz CT molecular complexity index is 581. The second-order valence-electron chi connectivity index (χ2n) is 7.00. The molecule has 1 atom stereocenters. The third-order valence-corrected chi connectivity index (χ3v) is 5.27. The average Bonchev–Trinajstić information content (AvgIpc) is 2.64. The van der Waals surface area contributed by atoms with Gasteiger partial charge in [0.05, 0.1) is 0 Å². The van der Waals surface area contributed by atoms with Crippen molar-refractivity contribution in [3.05, 3.63) is 71.8 Å². The fraction of sp³-hybridized carbons (Fsp3) is 0.429. The molecule has 0 radical (unpaired) electrons. The predicted molar refractivity (Wildman–Crippen MR) is 99.0 cm³/mol. The lowest BCUT2D eigenvalue weighted by atomic mass is 9.76. The summed E-state index contributed by atoms with van der Waals surface area (Å²) in [5.74, 6) is 0.103. The van der Waals surface area contributed by atoms with E-state index in [1.165, 1.54) is 0 Å². The van der Waals surface area contributed by atoms with E-state index < -0.39 is 5.60 Å². The van der Waals surface area contributed by atoms with Crippen LogP contribution in [0.15, 0.2) is 60.7 Å². The Morgan fingerprint density at radius 2 is 1.33 bits per heavy atom. The molecule has 1 aliphatic rings. The predicted octanol–water partition coefficient (Wildman–Crippen LogP) is 2.81. The maximum Gasteiger partial charge on any atom is 0.118 e. The zero-order valence-corrected chi connectivity index (χ0v) is 14.7. The molecule has 1 unspecified atom stereocenters. The van der Waals surface area contributed by atoms with E-state index in [2.05, 4.69) is 23.8 Å². The Morgan fingerprint density at radius 1 is 0.875 bits per heavy atom. The van der Waals surface area contributed by atoms with E-state index in [0.717, 1.165) is 43.9 Å². The van der Waals surface area contributed by atoms with Gasteiger partial charge in [0.25, 0.3) is 0 Å². The molecular weight excluding hydrogens is 296 g/mol. The molecule has 0 aromatic heterocycles. The van der Waals surface area contributed by atoms with Crippen LogP contribution in [0.4, 0.5) is 0 Å². The van der Waals surface area contributed by atoms with E-state index in [1.54, 1.807) is 0 Å². The Labute approximate surface area is 145 Å². The number of hydrogen-bond acceptors (Lipinski definition) is 3. The van der Waals surface area contributed by atoms with Crippen LogP contribution in [0.2, 0.25) is 0 Å². The van der Waals surface area contributed by atoms with E-state index in [1.807, 2.05) is 60.7 Å². The van der Waals surface area contributed by atoms with Gasteiger partial charge in [0.2, 0.25) is 0 Å². The van der Waals surface area contributed by atoms with Crippen molar-refractivity contribution in [3.63, 3.8) is 0 Å². The number of rotatable bonds is 5. The third kappa shape index (κ3) is 3.54. The van der Waals surface area contributed by atoms with Gasteiger partial charge < -0.3 is 14.9 Å². The molecule has 2 aromatic rings. The summed E-state index contributed by atoms with van der Waals surface area (Å²) in [5, 5.41) is 11.8. The Morgan fingerprint density at radius 3 is 1.79 bits per heavy atom. The van der Waals surface area contributed by atoms with Crippen LogP contribution in [0.3, 0.4) is 0 Å². The summed E-state index contributed by atoms with van der Waals surface area (Å²) in [7, 11) is 2.17. The van der Waals surface area contributed by atoms with Crippen molar-refractivity contribution >= 4 is 0 Å². The highest BCUT2D eigenvalue weighted by molar-refractivity contribution is 5.36. The summed E-state index contributed by atoms with van der Waals surface area (Å²) in [5.41, 5.74) is 0.974. The van der Waals surface area contributed by atoms with Crippen molar-refractivity contribution in [2.24, 2.45) is 5.92 Å². The minimum absolute atomic E-state index is 0.103. The molecule has 0 amide bonds. The fourth-order valence-corrected chi connectivity index (χ4v) is 3.67. The summed E-state index contributed by atoms with van der Waals surface area (Å²) in [6.45, 7) is 7.40. The molecule has 1 fully saturated rings. The van der Waals surface area contributed by atoms with Crippen LogP contribution < -0.4 is 0 Å². The zero-order chi connectivity index (χ0) is 17.0. The number of nitrogens with zero attached hydrogens (tertiary/aromatic N) is 2. The van der Waals surface area contributed by atoms with E-state index in [-0.39, 0.29) is 5.92 Å². The standard InChI is InChI=1S/C21H28N2O/c1-18(17-23-15-13-22(2)14-16-23)21(24,19-9-5-3-6-10-19)20-11-7-4-8-12-20/h3-12,18,24H,13-17H2,1-2H3. The first-order chi connectivity index (χ1) is 11.6. The smallest absolute Gasteiger partial charge is 0.118 e. The summed E-state index contributed by atoms with van der Waals surface area (Å²) in [4.78, 5) is 4.84. The van der Waals surface area contributed by atoms with Crippen LogP contribution in [-0.2, 0) is 5.60 Å². The first-order valence-corrected chi connectivity index (χ1v) is 8.85. The van der Waals surface area contributed by atoms with Crippen LogP contribution in [0, 0.1) is 5.92 Å². The molecular formula is C21H28N2O. The molecule has 0 spiro atoms. The van der Waals surface area contributed by atoms with Gasteiger partial charge in [0, 0.05) is 38.6 Å². The minimum atomic E-state index is -0.966. The average molecular weight is 324 g/mol. The van der Waals surface area contributed by atoms with Gasteiger partial charge in [0.1, 0.15) is 5.60 Å². The highest BCUT2D eigenvalue weighted by Crippen LogP contribution is 2.37. The number of hydrogen-bond donors (Lipinski definition) is 1. The molecule has 128 valence electrons. The summed E-state index contributed by atoms with van der Waals surface area (Å²) >= 11 is 0. The lowest BCUT2D eigenvalue weighted by Gasteiger charge is -2.40. The van der Waals surface area contributed by atoms with Gasteiger partial charge in [-0.25, -0.2) is 0 Å². The van der Waals surface area contributed by atoms with E-state index in [9.17, 15) is 5.11 Å². The molecule has 3 nitrogen and oxygen atoms in total. The van der Waals surface area contributed by atoms with Gasteiger partial charge >= 0.3 is 0 Å². The van der Waals surface area contributed by atoms with Crippen molar-refractivity contribution in [1.29, 1.82) is 0 Å². The molecule has 0 bridgehead atoms. The molecule has 2 aromatic carbocycles. The first kappa shape index (κ1) is 17.2. The number of likely N-dealkylation sites (N-methyl/N-ethyl adjacent to an activating group) is 1. The van der Waals surface area contributed by atoms with Gasteiger partial charge in [-0.3, -0.25) is 0 Å². The normalized spacial score (nSPS) is 18.5. The maximum atomic E-state index is 11.8. The van der Waals surface area contributed by atoms with Crippen molar-refractivity contribution < 1.29 is 5.11 Å². The zero-order valence-electron chi connectivity index (χ0n) is 14.7. The largest absolute Gasteiger partial charge is 0.380 e. The van der Waals surface area contributed by atoms with Gasteiger partial charge in [-0.2, -0.15) is 0 Å².